The Morgan fingerprint density at radius 2 is 2.00 bits per heavy atom. The first-order valence-corrected chi connectivity index (χ1v) is 8.00. The van der Waals surface area contributed by atoms with E-state index in [4.69, 9.17) is 5.11 Å². The molecule has 22 heavy (non-hydrogen) atoms. The average molecular weight is 319 g/mol. The molecule has 0 unspecified atom stereocenters. The fraction of sp³-hybridized carbons (Fsp3) is 0.375. The van der Waals surface area contributed by atoms with Gasteiger partial charge in [0.25, 0.3) is 0 Å². The van der Waals surface area contributed by atoms with Crippen LogP contribution < -0.4 is 4.90 Å². The van der Waals surface area contributed by atoms with Gasteiger partial charge in [0.2, 0.25) is 5.91 Å². The highest BCUT2D eigenvalue weighted by Gasteiger charge is 2.18. The number of carbonyl (C=O) groups excluding carboxylic acids is 1. The molecule has 0 bridgehead atoms. The number of aliphatic hydroxyl groups is 1. The lowest BCUT2D eigenvalue weighted by Gasteiger charge is -2.18. The molecule has 2 rings (SSSR count). The van der Waals surface area contributed by atoms with Crippen molar-refractivity contribution in [3.8, 4) is 0 Å². The second-order valence-electron chi connectivity index (χ2n) is 5.27. The van der Waals surface area contributed by atoms with Gasteiger partial charge in [-0.2, -0.15) is 0 Å². The lowest BCUT2D eigenvalue weighted by Crippen LogP contribution is -2.23. The second-order valence-corrected chi connectivity index (χ2v) is 6.11. The van der Waals surface area contributed by atoms with Crippen LogP contribution in [0.2, 0.25) is 0 Å². The summed E-state index contributed by atoms with van der Waals surface area (Å²) in [4.78, 5) is 20.2. The van der Waals surface area contributed by atoms with Gasteiger partial charge in [-0.3, -0.25) is 14.6 Å². The molecule has 5 nitrogen and oxygen atoms in total. The maximum atomic E-state index is 12.0. The van der Waals surface area contributed by atoms with Crippen LogP contribution in [0.25, 0.3) is 0 Å². The molecule has 0 saturated carbocycles. The number of likely N-dealkylation sites (N-methyl/N-ethyl adjacent to an activating group) is 1. The predicted octanol–water partition coefficient (Wildman–Crippen LogP) is 2.56. The second kappa shape index (κ2) is 7.49. The largest absolute Gasteiger partial charge is 0.395 e. The lowest BCUT2D eigenvalue weighted by atomic mass is 10.2. The smallest absolute Gasteiger partial charge is 0.230 e. The number of aliphatic hydroxyl groups excluding tert-OH is 1. The number of rotatable bonds is 6. The van der Waals surface area contributed by atoms with E-state index in [1.54, 1.807) is 11.8 Å². The number of benzene rings is 1. The summed E-state index contributed by atoms with van der Waals surface area (Å²) in [5.41, 5.74) is 2.87. The van der Waals surface area contributed by atoms with Crippen molar-refractivity contribution >= 4 is 28.1 Å². The van der Waals surface area contributed by atoms with Gasteiger partial charge in [0.15, 0.2) is 5.13 Å². The van der Waals surface area contributed by atoms with Gasteiger partial charge in [-0.15, -0.1) is 11.3 Å². The molecular weight excluding hydrogens is 298 g/mol. The summed E-state index contributed by atoms with van der Waals surface area (Å²) >= 11 is 1.45. The molecule has 1 aromatic heterocycles. The lowest BCUT2D eigenvalue weighted by molar-refractivity contribution is -0.115. The summed E-state index contributed by atoms with van der Waals surface area (Å²) in [6.45, 7) is 4.92. The maximum Gasteiger partial charge on any atom is 0.230 e. The van der Waals surface area contributed by atoms with Gasteiger partial charge in [0, 0.05) is 25.4 Å². The quantitative estimate of drug-likeness (QED) is 0.889. The van der Waals surface area contributed by atoms with Crippen LogP contribution in [0.1, 0.15) is 18.2 Å². The van der Waals surface area contributed by atoms with E-state index in [-0.39, 0.29) is 12.5 Å². The van der Waals surface area contributed by atoms with Gasteiger partial charge in [0.05, 0.1) is 18.0 Å². The van der Waals surface area contributed by atoms with E-state index in [0.717, 1.165) is 16.9 Å². The minimum absolute atomic E-state index is 0.0616. The van der Waals surface area contributed by atoms with Crippen LogP contribution in [0.5, 0.6) is 0 Å². The first kappa shape index (κ1) is 16.6. The standard InChI is InChI=1S/C16H21N3O2S/c1-12-4-6-15(7-5-12)19(13(2)21)16-17-14(11-22-16)10-18(3)8-9-20/h4-7,11,20H,8-10H2,1-3H3. The summed E-state index contributed by atoms with van der Waals surface area (Å²) in [5, 5.41) is 11.6. The molecule has 0 aliphatic rings. The van der Waals surface area contributed by atoms with Gasteiger partial charge in [-0.05, 0) is 26.1 Å². The van der Waals surface area contributed by atoms with E-state index in [1.807, 2.05) is 48.5 Å². The Morgan fingerprint density at radius 1 is 1.32 bits per heavy atom. The van der Waals surface area contributed by atoms with Crippen molar-refractivity contribution in [1.29, 1.82) is 0 Å². The molecule has 0 saturated heterocycles. The topological polar surface area (TPSA) is 56.7 Å². The molecule has 0 atom stereocenters. The molecule has 0 fully saturated rings. The number of thiazole rings is 1. The van der Waals surface area contributed by atoms with Crippen molar-refractivity contribution in [2.24, 2.45) is 0 Å². The van der Waals surface area contributed by atoms with Gasteiger partial charge < -0.3 is 5.11 Å². The third-order valence-electron chi connectivity index (χ3n) is 3.25. The van der Waals surface area contributed by atoms with Crippen molar-refractivity contribution in [3.63, 3.8) is 0 Å². The van der Waals surface area contributed by atoms with Crippen molar-refractivity contribution in [1.82, 2.24) is 9.88 Å². The number of anilines is 2. The Hall–Kier alpha value is -1.76. The van der Waals surface area contributed by atoms with Crippen molar-refractivity contribution in [2.45, 2.75) is 20.4 Å². The minimum Gasteiger partial charge on any atom is -0.395 e. The van der Waals surface area contributed by atoms with E-state index in [9.17, 15) is 4.79 Å². The molecule has 6 heteroatoms. The van der Waals surface area contributed by atoms with Gasteiger partial charge in [-0.1, -0.05) is 17.7 Å². The van der Waals surface area contributed by atoms with Crippen molar-refractivity contribution in [3.05, 3.63) is 40.9 Å². The Kier molecular flexibility index (Phi) is 5.65. The molecule has 0 aliphatic heterocycles. The monoisotopic (exact) mass is 319 g/mol. The fourth-order valence-corrected chi connectivity index (χ4v) is 3.00. The zero-order valence-electron chi connectivity index (χ0n) is 13.1. The average Bonchev–Trinajstić information content (AvgIpc) is 2.89. The van der Waals surface area contributed by atoms with E-state index in [2.05, 4.69) is 4.98 Å². The summed E-state index contributed by atoms with van der Waals surface area (Å²) in [6, 6.07) is 7.81. The molecule has 2 aromatic rings. The summed E-state index contributed by atoms with van der Waals surface area (Å²) < 4.78 is 0. The third kappa shape index (κ3) is 4.13. The van der Waals surface area contributed by atoms with Crippen LogP contribution in [0.3, 0.4) is 0 Å². The first-order valence-electron chi connectivity index (χ1n) is 7.12. The van der Waals surface area contributed by atoms with Crippen molar-refractivity contribution < 1.29 is 9.90 Å². The molecular formula is C16H21N3O2S. The zero-order valence-corrected chi connectivity index (χ0v) is 13.9. The molecule has 0 aliphatic carbocycles. The van der Waals surface area contributed by atoms with Crippen LogP contribution >= 0.6 is 11.3 Å². The highest BCUT2D eigenvalue weighted by molar-refractivity contribution is 7.14. The van der Waals surface area contributed by atoms with E-state index in [0.29, 0.717) is 18.2 Å². The minimum atomic E-state index is -0.0616. The number of nitrogens with zero attached hydrogens (tertiary/aromatic N) is 3. The summed E-state index contributed by atoms with van der Waals surface area (Å²) in [6.07, 6.45) is 0. The number of hydrogen-bond acceptors (Lipinski definition) is 5. The number of aryl methyl sites for hydroxylation is 1. The van der Waals surface area contributed by atoms with Crippen LogP contribution in [0.15, 0.2) is 29.6 Å². The van der Waals surface area contributed by atoms with Gasteiger partial charge in [0.1, 0.15) is 0 Å². The Morgan fingerprint density at radius 3 is 2.59 bits per heavy atom. The highest BCUT2D eigenvalue weighted by Crippen LogP contribution is 2.29. The molecule has 1 amide bonds. The predicted molar refractivity (Wildman–Crippen MR) is 89.5 cm³/mol. The van der Waals surface area contributed by atoms with Crippen LogP contribution in [-0.4, -0.2) is 41.1 Å². The number of aromatic nitrogens is 1. The normalized spacial score (nSPS) is 11.0. The number of amides is 1. The Balaban J connectivity index is 2.21. The van der Waals surface area contributed by atoms with Gasteiger partial charge in [-0.25, -0.2) is 4.98 Å². The van der Waals surface area contributed by atoms with E-state index in [1.165, 1.54) is 11.3 Å². The molecule has 1 heterocycles. The summed E-state index contributed by atoms with van der Waals surface area (Å²) in [7, 11) is 1.93. The molecule has 1 aromatic carbocycles. The Bertz CT molecular complexity index is 625. The van der Waals surface area contributed by atoms with Gasteiger partial charge >= 0.3 is 0 Å². The first-order chi connectivity index (χ1) is 10.5. The summed E-state index contributed by atoms with van der Waals surface area (Å²) in [5.74, 6) is -0.0616. The van der Waals surface area contributed by atoms with E-state index < -0.39 is 0 Å². The Labute approximate surface area is 134 Å². The van der Waals surface area contributed by atoms with Crippen LogP contribution in [0, 0.1) is 6.92 Å². The fourth-order valence-electron chi connectivity index (χ4n) is 2.12. The molecule has 1 N–H and O–H groups in total. The number of hydrogen-bond donors (Lipinski definition) is 1. The third-order valence-corrected chi connectivity index (χ3v) is 4.13. The number of carbonyl (C=O) groups is 1. The maximum absolute atomic E-state index is 12.0. The molecule has 118 valence electrons. The SMILES string of the molecule is CC(=O)N(c1ccc(C)cc1)c1nc(CN(C)CCO)cs1. The van der Waals surface area contributed by atoms with Crippen molar-refractivity contribution in [2.75, 3.05) is 25.1 Å². The molecule has 0 spiro atoms. The van der Waals surface area contributed by atoms with Crippen LogP contribution in [-0.2, 0) is 11.3 Å². The van der Waals surface area contributed by atoms with E-state index >= 15 is 0 Å². The van der Waals surface area contributed by atoms with Crippen LogP contribution in [0.4, 0.5) is 10.8 Å². The highest BCUT2D eigenvalue weighted by atomic mass is 32.1. The zero-order chi connectivity index (χ0) is 16.1. The molecule has 0 radical (unpaired) electrons.